The number of anilines is 2. The third kappa shape index (κ3) is 7.30. The van der Waals surface area contributed by atoms with E-state index in [-0.39, 0.29) is 28.4 Å². The van der Waals surface area contributed by atoms with Crippen molar-refractivity contribution in [2.45, 2.75) is 11.1 Å². The number of sulfonamides is 1. The molecule has 0 aliphatic carbocycles. The number of amides is 1. The van der Waals surface area contributed by atoms with E-state index in [4.69, 9.17) is 21.1 Å². The molecule has 0 saturated heterocycles. The van der Waals surface area contributed by atoms with Crippen LogP contribution in [0.5, 0.6) is 5.75 Å². The minimum absolute atomic E-state index is 0.202. The summed E-state index contributed by atoms with van der Waals surface area (Å²) in [5.41, 5.74) is -1.23. The van der Waals surface area contributed by atoms with Crippen molar-refractivity contribution in [3.63, 3.8) is 0 Å². The van der Waals surface area contributed by atoms with Gasteiger partial charge in [-0.15, -0.1) is 6.58 Å². The standard InChI is InChI=1S/C26H22ClF3N2O6S/c1-3-12-32(20-8-5-7-18(14-20)26(28,29)30)39(35,36)21-9-4-6-17(13-21)25(34)38-16-24(33)31-22-15-19(27)10-11-23(22)37-2/h3-11,13-15H,1,12,16H2,2H3,(H,31,33). The Kier molecular flexibility index (Phi) is 9.25. The number of methoxy groups -OCH3 is 1. The van der Waals surface area contributed by atoms with E-state index in [1.165, 1.54) is 49.6 Å². The molecule has 3 rings (SSSR count). The molecule has 0 bridgehead atoms. The summed E-state index contributed by atoms with van der Waals surface area (Å²) in [5.74, 6) is -1.40. The molecule has 8 nitrogen and oxygen atoms in total. The van der Waals surface area contributed by atoms with Crippen molar-refractivity contribution in [1.82, 2.24) is 0 Å². The number of carbonyl (C=O) groups excluding carboxylic acids is 2. The van der Waals surface area contributed by atoms with Gasteiger partial charge in [-0.25, -0.2) is 13.2 Å². The van der Waals surface area contributed by atoms with E-state index in [2.05, 4.69) is 11.9 Å². The van der Waals surface area contributed by atoms with Crippen molar-refractivity contribution >= 4 is 44.9 Å². The van der Waals surface area contributed by atoms with Gasteiger partial charge in [0.25, 0.3) is 15.9 Å². The molecule has 0 saturated carbocycles. The summed E-state index contributed by atoms with van der Waals surface area (Å²) >= 11 is 5.92. The first kappa shape index (κ1) is 29.5. The lowest BCUT2D eigenvalue weighted by molar-refractivity contribution is -0.137. The van der Waals surface area contributed by atoms with Crippen LogP contribution in [-0.4, -0.2) is 40.6 Å². The maximum absolute atomic E-state index is 13.4. The Balaban J connectivity index is 1.79. The fraction of sp³-hybridized carbons (Fsp3) is 0.154. The van der Waals surface area contributed by atoms with Crippen LogP contribution in [0.1, 0.15) is 15.9 Å². The third-order valence-corrected chi connectivity index (χ3v) is 7.21. The van der Waals surface area contributed by atoms with E-state index in [1.807, 2.05) is 0 Å². The first-order valence-corrected chi connectivity index (χ1v) is 12.9. The SMILES string of the molecule is C=CCN(c1cccc(C(F)(F)F)c1)S(=O)(=O)c1cccc(C(=O)OCC(=O)Nc2cc(Cl)ccc2OC)c1. The average Bonchev–Trinajstić information content (AvgIpc) is 2.90. The van der Waals surface area contributed by atoms with Crippen molar-refractivity contribution in [3.05, 3.63) is 95.5 Å². The van der Waals surface area contributed by atoms with Gasteiger partial charge >= 0.3 is 12.1 Å². The highest BCUT2D eigenvalue weighted by atomic mass is 35.5. The normalized spacial score (nSPS) is 11.4. The summed E-state index contributed by atoms with van der Waals surface area (Å²) in [5, 5.41) is 2.82. The number of halogens is 4. The van der Waals surface area contributed by atoms with Crippen molar-refractivity contribution in [3.8, 4) is 5.75 Å². The van der Waals surface area contributed by atoms with Crippen molar-refractivity contribution in [2.75, 3.05) is 29.9 Å². The summed E-state index contributed by atoms with van der Waals surface area (Å²) in [6.45, 7) is 2.43. The predicted molar refractivity (Wildman–Crippen MR) is 140 cm³/mol. The molecule has 0 spiro atoms. The molecule has 0 atom stereocenters. The number of nitrogens with one attached hydrogen (secondary N) is 1. The molecule has 13 heteroatoms. The van der Waals surface area contributed by atoms with Crippen LogP contribution in [-0.2, 0) is 25.7 Å². The van der Waals surface area contributed by atoms with Crippen molar-refractivity contribution in [2.24, 2.45) is 0 Å². The third-order valence-electron chi connectivity index (χ3n) is 5.18. The number of nitrogens with zero attached hydrogens (tertiary/aromatic N) is 1. The van der Waals surface area contributed by atoms with Crippen LogP contribution in [0.4, 0.5) is 24.5 Å². The minimum atomic E-state index is -4.69. The molecule has 0 aliphatic rings. The maximum Gasteiger partial charge on any atom is 0.416 e. The molecule has 39 heavy (non-hydrogen) atoms. The molecule has 0 aromatic heterocycles. The fourth-order valence-corrected chi connectivity index (χ4v) is 5.03. The van der Waals surface area contributed by atoms with Crippen LogP contribution in [0.2, 0.25) is 5.02 Å². The molecule has 1 amide bonds. The van der Waals surface area contributed by atoms with E-state index >= 15 is 0 Å². The van der Waals surface area contributed by atoms with E-state index in [9.17, 15) is 31.2 Å². The maximum atomic E-state index is 13.4. The lowest BCUT2D eigenvalue weighted by Gasteiger charge is -2.24. The zero-order chi connectivity index (χ0) is 28.8. The number of alkyl halides is 3. The highest BCUT2D eigenvalue weighted by Crippen LogP contribution is 2.33. The monoisotopic (exact) mass is 582 g/mol. The van der Waals surface area contributed by atoms with Gasteiger partial charge in [-0.3, -0.25) is 9.10 Å². The molecule has 3 aromatic carbocycles. The summed E-state index contributed by atoms with van der Waals surface area (Å²) in [6.07, 6.45) is -3.48. The topological polar surface area (TPSA) is 102 Å². The number of carbonyl (C=O) groups is 2. The molecule has 3 aromatic rings. The van der Waals surface area contributed by atoms with E-state index in [0.29, 0.717) is 16.8 Å². The van der Waals surface area contributed by atoms with E-state index < -0.39 is 40.2 Å². The van der Waals surface area contributed by atoms with Crippen LogP contribution in [0, 0.1) is 0 Å². The Hall–Kier alpha value is -4.03. The lowest BCUT2D eigenvalue weighted by Crippen LogP contribution is -2.31. The number of hydrogen-bond acceptors (Lipinski definition) is 6. The van der Waals surface area contributed by atoms with Gasteiger partial charge in [0.1, 0.15) is 5.75 Å². The van der Waals surface area contributed by atoms with E-state index in [1.54, 1.807) is 6.07 Å². The molecular formula is C26H22ClF3N2O6S. The highest BCUT2D eigenvalue weighted by Gasteiger charge is 2.32. The van der Waals surface area contributed by atoms with Gasteiger partial charge < -0.3 is 14.8 Å². The molecule has 206 valence electrons. The zero-order valence-electron chi connectivity index (χ0n) is 20.4. The Morgan fingerprint density at radius 3 is 2.46 bits per heavy atom. The number of esters is 1. The molecular weight excluding hydrogens is 561 g/mol. The smallest absolute Gasteiger partial charge is 0.416 e. The Morgan fingerprint density at radius 2 is 1.79 bits per heavy atom. The quantitative estimate of drug-likeness (QED) is 0.249. The molecule has 0 aliphatic heterocycles. The summed E-state index contributed by atoms with van der Waals surface area (Å²) < 4.78 is 77.2. The van der Waals surface area contributed by atoms with Gasteiger partial charge in [-0.2, -0.15) is 13.2 Å². The first-order chi connectivity index (χ1) is 18.4. The summed E-state index contributed by atoms with van der Waals surface area (Å²) in [4.78, 5) is 24.5. The van der Waals surface area contributed by atoms with Gasteiger partial charge in [-0.05, 0) is 54.6 Å². The number of hydrogen-bond donors (Lipinski definition) is 1. The van der Waals surface area contributed by atoms with Crippen LogP contribution in [0.3, 0.4) is 0 Å². The zero-order valence-corrected chi connectivity index (χ0v) is 21.9. The molecule has 0 fully saturated rings. The Labute approximate surface area is 227 Å². The molecule has 0 unspecified atom stereocenters. The molecule has 1 N–H and O–H groups in total. The predicted octanol–water partition coefficient (Wildman–Crippen LogP) is 5.54. The van der Waals surface area contributed by atoms with E-state index in [0.717, 1.165) is 22.5 Å². The van der Waals surface area contributed by atoms with Gasteiger partial charge in [0.2, 0.25) is 0 Å². The van der Waals surface area contributed by atoms with Gasteiger partial charge in [0, 0.05) is 5.02 Å². The van der Waals surface area contributed by atoms with Gasteiger partial charge in [0.05, 0.1) is 41.1 Å². The fourth-order valence-electron chi connectivity index (χ4n) is 3.39. The highest BCUT2D eigenvalue weighted by molar-refractivity contribution is 7.92. The van der Waals surface area contributed by atoms with Crippen molar-refractivity contribution in [1.29, 1.82) is 0 Å². The van der Waals surface area contributed by atoms with Crippen LogP contribution in [0.25, 0.3) is 0 Å². The average molecular weight is 583 g/mol. The van der Waals surface area contributed by atoms with Crippen LogP contribution < -0.4 is 14.4 Å². The largest absolute Gasteiger partial charge is 0.495 e. The first-order valence-electron chi connectivity index (χ1n) is 11.1. The van der Waals surface area contributed by atoms with Gasteiger partial charge in [0.15, 0.2) is 6.61 Å². The Bertz CT molecular complexity index is 1500. The number of ether oxygens (including phenoxy) is 2. The number of benzene rings is 3. The molecule has 0 radical (unpaired) electrons. The second-order valence-electron chi connectivity index (χ2n) is 7.87. The Morgan fingerprint density at radius 1 is 1.08 bits per heavy atom. The van der Waals surface area contributed by atoms with Crippen molar-refractivity contribution < 1.29 is 40.7 Å². The van der Waals surface area contributed by atoms with Gasteiger partial charge in [-0.1, -0.05) is 29.8 Å². The molecule has 0 heterocycles. The second kappa shape index (κ2) is 12.2. The number of rotatable bonds is 10. The second-order valence-corrected chi connectivity index (χ2v) is 10.2. The summed E-state index contributed by atoms with van der Waals surface area (Å²) in [7, 11) is -3.04. The van der Waals surface area contributed by atoms with Crippen LogP contribution >= 0.6 is 11.6 Å². The lowest BCUT2D eigenvalue weighted by atomic mass is 10.2. The van der Waals surface area contributed by atoms with Crippen LogP contribution in [0.15, 0.2) is 84.3 Å². The summed E-state index contributed by atoms with van der Waals surface area (Å²) in [6, 6.07) is 13.0. The minimum Gasteiger partial charge on any atom is -0.495 e.